The van der Waals surface area contributed by atoms with E-state index >= 15 is 0 Å². The standard InChI is InChI=1S/C22H31NO/c1-15-18(11-12-20(23-15)16-8-6-7-9-16)19-14-17(22(2,3)4)10-13-21(19)24-5/h10-11,13-14,16,20H,6-9,12H2,1-5H3. The van der Waals surface area contributed by atoms with E-state index in [1.54, 1.807) is 7.11 Å². The van der Waals surface area contributed by atoms with E-state index in [1.165, 1.54) is 48.1 Å². The largest absolute Gasteiger partial charge is 0.496 e. The molecule has 2 heteroatoms. The lowest BCUT2D eigenvalue weighted by molar-refractivity contribution is 0.412. The van der Waals surface area contributed by atoms with Crippen molar-refractivity contribution in [1.29, 1.82) is 0 Å². The lowest BCUT2D eigenvalue weighted by atomic mass is 9.83. The van der Waals surface area contributed by atoms with E-state index in [4.69, 9.17) is 9.73 Å². The Morgan fingerprint density at radius 1 is 1.12 bits per heavy atom. The summed E-state index contributed by atoms with van der Waals surface area (Å²) in [5, 5.41) is 0. The van der Waals surface area contributed by atoms with Crippen LogP contribution in [0.5, 0.6) is 5.75 Å². The van der Waals surface area contributed by atoms with Gasteiger partial charge in [0.25, 0.3) is 0 Å². The van der Waals surface area contributed by atoms with Crippen molar-refractivity contribution in [3.63, 3.8) is 0 Å². The summed E-state index contributed by atoms with van der Waals surface area (Å²) in [6.07, 6.45) is 8.94. The number of benzene rings is 1. The van der Waals surface area contributed by atoms with Gasteiger partial charge < -0.3 is 4.74 Å². The van der Waals surface area contributed by atoms with Gasteiger partial charge in [0.05, 0.1) is 13.2 Å². The van der Waals surface area contributed by atoms with Crippen LogP contribution in [0.4, 0.5) is 0 Å². The minimum atomic E-state index is 0.133. The predicted molar refractivity (Wildman–Crippen MR) is 103 cm³/mol. The third-order valence-electron chi connectivity index (χ3n) is 5.61. The van der Waals surface area contributed by atoms with Crippen LogP contribution < -0.4 is 4.74 Å². The molecule has 1 aromatic carbocycles. The number of allylic oxidation sites excluding steroid dienone is 1. The molecule has 1 aromatic rings. The number of hydrogen-bond acceptors (Lipinski definition) is 2. The Morgan fingerprint density at radius 2 is 1.83 bits per heavy atom. The normalized spacial score (nSPS) is 22.3. The molecule has 0 spiro atoms. The predicted octanol–water partition coefficient (Wildman–Crippen LogP) is 5.80. The molecule has 1 fully saturated rings. The molecule has 2 nitrogen and oxygen atoms in total. The number of aliphatic imine (C=N–C) groups is 1. The molecule has 0 radical (unpaired) electrons. The summed E-state index contributed by atoms with van der Waals surface area (Å²) in [7, 11) is 1.76. The molecule has 3 rings (SSSR count). The summed E-state index contributed by atoms with van der Waals surface area (Å²) in [4.78, 5) is 5.08. The van der Waals surface area contributed by atoms with Crippen molar-refractivity contribution in [2.75, 3.05) is 7.11 Å². The molecule has 0 N–H and O–H groups in total. The molecule has 1 atom stereocenters. The van der Waals surface area contributed by atoms with Crippen LogP contribution in [0.25, 0.3) is 5.57 Å². The van der Waals surface area contributed by atoms with Crippen LogP contribution in [0.2, 0.25) is 0 Å². The second kappa shape index (κ2) is 6.74. The van der Waals surface area contributed by atoms with E-state index in [-0.39, 0.29) is 5.41 Å². The van der Waals surface area contributed by atoms with Gasteiger partial charge in [-0.25, -0.2) is 0 Å². The van der Waals surface area contributed by atoms with Gasteiger partial charge in [0.1, 0.15) is 5.75 Å². The molecule has 130 valence electrons. The number of dihydropyridines is 1. The molecule has 1 saturated carbocycles. The molecule has 1 aliphatic carbocycles. The highest BCUT2D eigenvalue weighted by Crippen LogP contribution is 2.37. The topological polar surface area (TPSA) is 21.6 Å². The van der Waals surface area contributed by atoms with Crippen LogP contribution in [-0.4, -0.2) is 18.9 Å². The van der Waals surface area contributed by atoms with E-state index in [9.17, 15) is 0 Å². The van der Waals surface area contributed by atoms with E-state index in [0.717, 1.165) is 18.1 Å². The van der Waals surface area contributed by atoms with Crippen LogP contribution >= 0.6 is 0 Å². The maximum absolute atomic E-state index is 5.65. The lowest BCUT2D eigenvalue weighted by Gasteiger charge is -2.26. The highest BCUT2D eigenvalue weighted by atomic mass is 16.5. The Kier molecular flexibility index (Phi) is 4.85. The Labute approximate surface area is 147 Å². The van der Waals surface area contributed by atoms with Crippen LogP contribution in [0.1, 0.15) is 70.9 Å². The Bertz CT molecular complexity index is 657. The molecule has 0 amide bonds. The molecule has 0 saturated heterocycles. The Hall–Kier alpha value is -1.57. The average molecular weight is 325 g/mol. The second-order valence-electron chi connectivity index (χ2n) is 8.34. The van der Waals surface area contributed by atoms with Gasteiger partial charge in [-0.3, -0.25) is 4.99 Å². The third-order valence-corrected chi connectivity index (χ3v) is 5.61. The van der Waals surface area contributed by atoms with Gasteiger partial charge in [-0.15, -0.1) is 0 Å². The number of methoxy groups -OCH3 is 1. The fourth-order valence-electron chi connectivity index (χ4n) is 4.09. The molecular formula is C22H31NO. The summed E-state index contributed by atoms with van der Waals surface area (Å²) in [6, 6.07) is 7.07. The van der Waals surface area contributed by atoms with Crippen molar-refractivity contribution in [2.45, 2.75) is 71.3 Å². The molecule has 2 aliphatic rings. The van der Waals surface area contributed by atoms with E-state index in [2.05, 4.69) is 52.0 Å². The lowest BCUT2D eigenvalue weighted by Crippen LogP contribution is -2.21. The van der Waals surface area contributed by atoms with E-state index < -0.39 is 0 Å². The molecule has 0 aromatic heterocycles. The monoisotopic (exact) mass is 325 g/mol. The van der Waals surface area contributed by atoms with Crippen LogP contribution in [-0.2, 0) is 5.41 Å². The van der Waals surface area contributed by atoms with Crippen molar-refractivity contribution in [1.82, 2.24) is 0 Å². The maximum atomic E-state index is 5.65. The summed E-state index contributed by atoms with van der Waals surface area (Å²) >= 11 is 0. The molecular weight excluding hydrogens is 294 g/mol. The van der Waals surface area contributed by atoms with Gasteiger partial charge in [0, 0.05) is 16.8 Å². The molecule has 1 unspecified atom stereocenters. The number of hydrogen-bond donors (Lipinski definition) is 0. The highest BCUT2D eigenvalue weighted by Gasteiger charge is 2.27. The summed E-state index contributed by atoms with van der Waals surface area (Å²) in [5.74, 6) is 1.74. The quantitative estimate of drug-likeness (QED) is 0.688. The van der Waals surface area contributed by atoms with E-state index in [0.29, 0.717) is 6.04 Å². The van der Waals surface area contributed by atoms with Crippen LogP contribution in [0.15, 0.2) is 29.3 Å². The first-order valence-electron chi connectivity index (χ1n) is 9.34. The van der Waals surface area contributed by atoms with Gasteiger partial charge >= 0.3 is 0 Å². The van der Waals surface area contributed by atoms with Gasteiger partial charge in [-0.2, -0.15) is 0 Å². The number of rotatable bonds is 3. The van der Waals surface area contributed by atoms with Crippen LogP contribution in [0.3, 0.4) is 0 Å². The zero-order chi connectivity index (χ0) is 17.3. The van der Waals surface area contributed by atoms with Gasteiger partial charge in [-0.1, -0.05) is 45.8 Å². The summed E-state index contributed by atoms with van der Waals surface area (Å²) in [5.41, 5.74) is 5.09. The number of ether oxygens (including phenoxy) is 1. The SMILES string of the molecule is COc1ccc(C(C)(C)C)cc1C1=CCC(C2CCCC2)N=C1C. The average Bonchev–Trinajstić information content (AvgIpc) is 3.08. The summed E-state index contributed by atoms with van der Waals surface area (Å²) < 4.78 is 5.65. The fourth-order valence-corrected chi connectivity index (χ4v) is 4.09. The van der Waals surface area contributed by atoms with Crippen molar-refractivity contribution in [2.24, 2.45) is 10.9 Å². The van der Waals surface area contributed by atoms with E-state index in [1.807, 2.05) is 0 Å². The highest BCUT2D eigenvalue weighted by molar-refractivity contribution is 6.24. The smallest absolute Gasteiger partial charge is 0.126 e. The summed E-state index contributed by atoms with van der Waals surface area (Å²) in [6.45, 7) is 8.93. The van der Waals surface area contributed by atoms with Crippen molar-refractivity contribution < 1.29 is 4.74 Å². The Morgan fingerprint density at radius 3 is 2.42 bits per heavy atom. The maximum Gasteiger partial charge on any atom is 0.126 e. The van der Waals surface area contributed by atoms with Crippen molar-refractivity contribution >= 4 is 11.3 Å². The molecule has 0 bridgehead atoms. The van der Waals surface area contributed by atoms with Gasteiger partial charge in [0.15, 0.2) is 0 Å². The first-order valence-corrected chi connectivity index (χ1v) is 9.34. The van der Waals surface area contributed by atoms with Crippen molar-refractivity contribution in [3.8, 4) is 5.75 Å². The zero-order valence-corrected chi connectivity index (χ0v) is 15.9. The Balaban J connectivity index is 1.92. The molecule has 1 aliphatic heterocycles. The van der Waals surface area contributed by atoms with Crippen molar-refractivity contribution in [3.05, 3.63) is 35.4 Å². The second-order valence-corrected chi connectivity index (χ2v) is 8.34. The first-order chi connectivity index (χ1) is 11.4. The van der Waals surface area contributed by atoms with Gasteiger partial charge in [-0.05, 0) is 55.2 Å². The molecule has 24 heavy (non-hydrogen) atoms. The third kappa shape index (κ3) is 3.43. The first kappa shape index (κ1) is 17.3. The minimum absolute atomic E-state index is 0.133. The van der Waals surface area contributed by atoms with Gasteiger partial charge in [0.2, 0.25) is 0 Å². The fraction of sp³-hybridized carbons (Fsp3) is 0.591. The zero-order valence-electron chi connectivity index (χ0n) is 15.9. The minimum Gasteiger partial charge on any atom is -0.496 e. The van der Waals surface area contributed by atoms with Crippen LogP contribution in [0, 0.1) is 5.92 Å². The molecule has 1 heterocycles. The number of nitrogens with zero attached hydrogens (tertiary/aromatic N) is 1.